The van der Waals surface area contributed by atoms with E-state index in [1.165, 1.54) is 0 Å². The Morgan fingerprint density at radius 3 is 2.43 bits per heavy atom. The van der Waals surface area contributed by atoms with Crippen LogP contribution in [0.25, 0.3) is 11.4 Å². The molecule has 2 N–H and O–H groups in total. The molecule has 4 rings (SSSR count). The Kier molecular flexibility index (Phi) is 5.48. The number of amides is 1. The van der Waals surface area contributed by atoms with Gasteiger partial charge in [-0.25, -0.2) is 9.97 Å². The number of pyridine rings is 1. The summed E-state index contributed by atoms with van der Waals surface area (Å²) in [6, 6.07) is 20.7. The van der Waals surface area contributed by atoms with Gasteiger partial charge in [-0.1, -0.05) is 29.8 Å². The summed E-state index contributed by atoms with van der Waals surface area (Å²) in [4.78, 5) is 25.7. The maximum absolute atomic E-state index is 12.5. The lowest BCUT2D eigenvalue weighted by Crippen LogP contribution is -2.12. The van der Waals surface area contributed by atoms with Crippen molar-refractivity contribution in [3.05, 3.63) is 95.8 Å². The number of aromatic nitrogens is 3. The van der Waals surface area contributed by atoms with Crippen LogP contribution in [-0.4, -0.2) is 20.9 Å². The van der Waals surface area contributed by atoms with E-state index in [0.29, 0.717) is 17.2 Å². The number of nitrogens with one attached hydrogen (secondary N) is 2. The lowest BCUT2D eigenvalue weighted by molar-refractivity contribution is 0.102. The smallest absolute Gasteiger partial charge is 0.255 e. The van der Waals surface area contributed by atoms with Crippen LogP contribution in [0.3, 0.4) is 0 Å². The van der Waals surface area contributed by atoms with Gasteiger partial charge in [0.15, 0.2) is 0 Å². The Bertz CT molecular complexity index is 1170. The lowest BCUT2D eigenvalue weighted by Gasteiger charge is -2.12. The third-order valence-corrected chi connectivity index (χ3v) is 4.64. The van der Waals surface area contributed by atoms with Crippen molar-refractivity contribution < 1.29 is 4.79 Å². The molecule has 0 saturated carbocycles. The fraction of sp³-hybridized carbons (Fsp3) is 0.0833. The summed E-state index contributed by atoms with van der Waals surface area (Å²) in [5, 5.41) is 6.18. The van der Waals surface area contributed by atoms with Gasteiger partial charge in [-0.3, -0.25) is 9.78 Å². The summed E-state index contributed by atoms with van der Waals surface area (Å²) in [6.45, 7) is 3.97. The van der Waals surface area contributed by atoms with E-state index >= 15 is 0 Å². The minimum absolute atomic E-state index is 0.154. The van der Waals surface area contributed by atoms with Gasteiger partial charge in [0, 0.05) is 29.3 Å². The molecule has 0 fully saturated rings. The van der Waals surface area contributed by atoms with Crippen molar-refractivity contribution in [1.82, 2.24) is 15.0 Å². The predicted molar refractivity (Wildman–Crippen MR) is 119 cm³/mol. The first-order valence-corrected chi connectivity index (χ1v) is 9.59. The summed E-state index contributed by atoms with van der Waals surface area (Å²) in [5.41, 5.74) is 5.75. The molecule has 0 spiro atoms. The van der Waals surface area contributed by atoms with E-state index in [2.05, 4.69) is 25.6 Å². The van der Waals surface area contributed by atoms with Crippen LogP contribution in [0.1, 0.15) is 21.5 Å². The Labute approximate surface area is 175 Å². The molecule has 6 nitrogen and oxygen atoms in total. The molecule has 0 radical (unpaired) electrons. The molecule has 0 atom stereocenters. The molecule has 0 aliphatic carbocycles. The minimum Gasteiger partial charge on any atom is -0.324 e. The molecule has 2 aromatic carbocycles. The first kappa shape index (κ1) is 19.3. The van der Waals surface area contributed by atoms with E-state index in [4.69, 9.17) is 0 Å². The van der Waals surface area contributed by atoms with Gasteiger partial charge in [-0.2, -0.15) is 0 Å². The highest BCUT2D eigenvalue weighted by molar-refractivity contribution is 6.04. The second kappa shape index (κ2) is 8.53. The standard InChI is InChI=1S/C24H21N5O/c1-16-6-9-18(10-7-16)23(30)27-19-11-8-17(2)22(15-19)29-24-26-14-12-21(28-24)20-5-3-4-13-25-20/h3-15H,1-2H3,(H,27,30)(H,26,28,29). The van der Waals surface area contributed by atoms with E-state index in [1.807, 2.05) is 80.6 Å². The van der Waals surface area contributed by atoms with E-state index in [0.717, 1.165) is 28.2 Å². The molecule has 2 aromatic heterocycles. The molecule has 148 valence electrons. The first-order chi connectivity index (χ1) is 14.6. The third kappa shape index (κ3) is 4.50. The minimum atomic E-state index is -0.154. The summed E-state index contributed by atoms with van der Waals surface area (Å²) in [7, 11) is 0. The molecule has 0 aliphatic heterocycles. The number of nitrogens with zero attached hydrogens (tertiary/aromatic N) is 3. The van der Waals surface area contributed by atoms with Crippen LogP contribution in [0.5, 0.6) is 0 Å². The van der Waals surface area contributed by atoms with E-state index in [1.54, 1.807) is 12.4 Å². The number of carbonyl (C=O) groups is 1. The topological polar surface area (TPSA) is 79.8 Å². The lowest BCUT2D eigenvalue weighted by atomic mass is 10.1. The zero-order chi connectivity index (χ0) is 20.9. The molecule has 4 aromatic rings. The number of rotatable bonds is 5. The average molecular weight is 395 g/mol. The van der Waals surface area contributed by atoms with Gasteiger partial charge in [0.1, 0.15) is 0 Å². The number of aryl methyl sites for hydroxylation is 2. The molecule has 0 aliphatic rings. The number of hydrogen-bond acceptors (Lipinski definition) is 5. The summed E-state index contributed by atoms with van der Waals surface area (Å²) in [6.07, 6.45) is 3.42. The Morgan fingerprint density at radius 2 is 1.67 bits per heavy atom. The number of anilines is 3. The van der Waals surface area contributed by atoms with Crippen molar-refractivity contribution in [3.63, 3.8) is 0 Å². The largest absolute Gasteiger partial charge is 0.324 e. The molecule has 30 heavy (non-hydrogen) atoms. The number of hydrogen-bond donors (Lipinski definition) is 2. The molecule has 0 unspecified atom stereocenters. The number of benzene rings is 2. The van der Waals surface area contributed by atoms with Crippen LogP contribution in [-0.2, 0) is 0 Å². The third-order valence-electron chi connectivity index (χ3n) is 4.64. The normalized spacial score (nSPS) is 10.5. The predicted octanol–water partition coefficient (Wildman–Crippen LogP) is 5.15. The molecule has 0 bridgehead atoms. The van der Waals surface area contributed by atoms with Crippen LogP contribution in [0.4, 0.5) is 17.3 Å². The van der Waals surface area contributed by atoms with Crippen LogP contribution >= 0.6 is 0 Å². The van der Waals surface area contributed by atoms with Crippen molar-refractivity contribution in [2.45, 2.75) is 13.8 Å². The quantitative estimate of drug-likeness (QED) is 0.488. The van der Waals surface area contributed by atoms with Crippen molar-refractivity contribution in [2.75, 3.05) is 10.6 Å². The van der Waals surface area contributed by atoms with Crippen molar-refractivity contribution >= 4 is 23.2 Å². The van der Waals surface area contributed by atoms with E-state index in [9.17, 15) is 4.79 Å². The van der Waals surface area contributed by atoms with Crippen molar-refractivity contribution in [1.29, 1.82) is 0 Å². The Morgan fingerprint density at radius 1 is 0.833 bits per heavy atom. The van der Waals surface area contributed by atoms with Crippen molar-refractivity contribution in [3.8, 4) is 11.4 Å². The van der Waals surface area contributed by atoms with Gasteiger partial charge in [0.05, 0.1) is 11.4 Å². The van der Waals surface area contributed by atoms with Gasteiger partial charge in [-0.15, -0.1) is 0 Å². The molecule has 6 heteroatoms. The van der Waals surface area contributed by atoms with Crippen LogP contribution < -0.4 is 10.6 Å². The fourth-order valence-electron chi connectivity index (χ4n) is 2.94. The van der Waals surface area contributed by atoms with Gasteiger partial charge >= 0.3 is 0 Å². The highest BCUT2D eigenvalue weighted by atomic mass is 16.1. The molecule has 1 amide bonds. The molecule has 0 saturated heterocycles. The Balaban J connectivity index is 1.54. The average Bonchev–Trinajstić information content (AvgIpc) is 2.77. The second-order valence-electron chi connectivity index (χ2n) is 6.96. The van der Waals surface area contributed by atoms with E-state index < -0.39 is 0 Å². The maximum Gasteiger partial charge on any atom is 0.255 e. The summed E-state index contributed by atoms with van der Waals surface area (Å²) in [5.74, 6) is 0.307. The van der Waals surface area contributed by atoms with Crippen LogP contribution in [0.15, 0.2) is 79.1 Å². The summed E-state index contributed by atoms with van der Waals surface area (Å²) < 4.78 is 0. The molecular formula is C24H21N5O. The highest BCUT2D eigenvalue weighted by Crippen LogP contribution is 2.24. The molecule has 2 heterocycles. The zero-order valence-electron chi connectivity index (χ0n) is 16.8. The van der Waals surface area contributed by atoms with E-state index in [-0.39, 0.29) is 5.91 Å². The fourth-order valence-corrected chi connectivity index (χ4v) is 2.94. The second-order valence-corrected chi connectivity index (χ2v) is 6.96. The maximum atomic E-state index is 12.5. The summed E-state index contributed by atoms with van der Waals surface area (Å²) >= 11 is 0. The van der Waals surface area contributed by atoms with Gasteiger partial charge in [-0.05, 0) is 61.9 Å². The van der Waals surface area contributed by atoms with Crippen LogP contribution in [0.2, 0.25) is 0 Å². The van der Waals surface area contributed by atoms with Gasteiger partial charge in [0.2, 0.25) is 5.95 Å². The highest BCUT2D eigenvalue weighted by Gasteiger charge is 2.09. The number of carbonyl (C=O) groups excluding carboxylic acids is 1. The van der Waals surface area contributed by atoms with Gasteiger partial charge in [0.25, 0.3) is 5.91 Å². The van der Waals surface area contributed by atoms with Crippen LogP contribution in [0, 0.1) is 13.8 Å². The Hall–Kier alpha value is -4.06. The zero-order valence-corrected chi connectivity index (χ0v) is 16.8. The van der Waals surface area contributed by atoms with Gasteiger partial charge < -0.3 is 10.6 Å². The first-order valence-electron chi connectivity index (χ1n) is 9.59. The molecular weight excluding hydrogens is 374 g/mol. The monoisotopic (exact) mass is 395 g/mol. The van der Waals surface area contributed by atoms with Crippen molar-refractivity contribution in [2.24, 2.45) is 0 Å². The SMILES string of the molecule is Cc1ccc(C(=O)Nc2ccc(C)c(Nc3nccc(-c4ccccn4)n3)c2)cc1.